The Labute approximate surface area is 154 Å². The second-order valence-corrected chi connectivity index (χ2v) is 6.76. The molecular weight excluding hydrogens is 356 g/mol. The van der Waals surface area contributed by atoms with E-state index in [0.717, 1.165) is 11.3 Å². The maximum atomic E-state index is 12.5. The lowest BCUT2D eigenvalue weighted by Gasteiger charge is -2.16. The fourth-order valence-electron chi connectivity index (χ4n) is 2.51. The molecule has 1 amide bonds. The van der Waals surface area contributed by atoms with Crippen LogP contribution in [0, 0.1) is 0 Å². The third-order valence-corrected chi connectivity index (χ3v) is 4.47. The minimum absolute atomic E-state index is 0.175. The first-order valence-corrected chi connectivity index (χ1v) is 8.80. The van der Waals surface area contributed by atoms with Crippen LogP contribution in [0.25, 0.3) is 5.69 Å². The summed E-state index contributed by atoms with van der Waals surface area (Å²) in [4.78, 5) is 14.5. The highest BCUT2D eigenvalue weighted by molar-refractivity contribution is 7.99. The van der Waals surface area contributed by atoms with Gasteiger partial charge in [0.2, 0.25) is 0 Å². The van der Waals surface area contributed by atoms with Gasteiger partial charge in [0.25, 0.3) is 11.7 Å². The number of hydrogen-bond donors (Lipinski definition) is 0. The SMILES string of the molecule is CN(Cc1cnn(-c2ccccc2)c1)C(=O)c1ccc(SC(F)F)cc1. The molecule has 0 unspecified atom stereocenters. The largest absolute Gasteiger partial charge is 0.337 e. The minimum Gasteiger partial charge on any atom is -0.337 e. The van der Waals surface area contributed by atoms with Crippen molar-refractivity contribution in [3.8, 4) is 5.69 Å². The van der Waals surface area contributed by atoms with Crippen molar-refractivity contribution in [2.75, 3.05) is 7.05 Å². The number of carbonyl (C=O) groups excluding carboxylic acids is 1. The third-order valence-electron chi connectivity index (χ3n) is 3.75. The van der Waals surface area contributed by atoms with Crippen molar-refractivity contribution in [2.24, 2.45) is 0 Å². The topological polar surface area (TPSA) is 38.1 Å². The lowest BCUT2D eigenvalue weighted by atomic mass is 10.2. The number of halogens is 2. The van der Waals surface area contributed by atoms with Crippen LogP contribution in [0.2, 0.25) is 0 Å². The number of amides is 1. The van der Waals surface area contributed by atoms with Gasteiger partial charge in [0.05, 0.1) is 11.9 Å². The summed E-state index contributed by atoms with van der Waals surface area (Å²) < 4.78 is 26.5. The van der Waals surface area contributed by atoms with Gasteiger partial charge in [0, 0.05) is 35.8 Å². The number of carbonyl (C=O) groups is 1. The van der Waals surface area contributed by atoms with Crippen molar-refractivity contribution in [3.63, 3.8) is 0 Å². The molecule has 3 aromatic rings. The van der Waals surface area contributed by atoms with Crippen LogP contribution in [0.4, 0.5) is 8.78 Å². The summed E-state index contributed by atoms with van der Waals surface area (Å²) in [6, 6.07) is 15.9. The quantitative estimate of drug-likeness (QED) is 0.599. The zero-order valence-corrected chi connectivity index (χ0v) is 14.9. The summed E-state index contributed by atoms with van der Waals surface area (Å²) in [5.41, 5.74) is 2.30. The van der Waals surface area contributed by atoms with Crippen LogP contribution in [0.5, 0.6) is 0 Å². The van der Waals surface area contributed by atoms with E-state index in [9.17, 15) is 13.6 Å². The molecule has 2 aromatic carbocycles. The van der Waals surface area contributed by atoms with Crippen molar-refractivity contribution < 1.29 is 13.6 Å². The number of hydrogen-bond acceptors (Lipinski definition) is 3. The van der Waals surface area contributed by atoms with Crippen LogP contribution in [0.1, 0.15) is 15.9 Å². The third kappa shape index (κ3) is 4.49. The summed E-state index contributed by atoms with van der Waals surface area (Å²) in [7, 11) is 1.70. The monoisotopic (exact) mass is 373 g/mol. The van der Waals surface area contributed by atoms with E-state index < -0.39 is 5.76 Å². The summed E-state index contributed by atoms with van der Waals surface area (Å²) >= 11 is 0.461. The Bertz CT molecular complexity index is 866. The van der Waals surface area contributed by atoms with E-state index >= 15 is 0 Å². The van der Waals surface area contributed by atoms with Crippen LogP contribution in [-0.2, 0) is 6.54 Å². The van der Waals surface area contributed by atoms with Gasteiger partial charge in [0.15, 0.2) is 0 Å². The van der Waals surface area contributed by atoms with Crippen LogP contribution >= 0.6 is 11.8 Å². The van der Waals surface area contributed by atoms with E-state index in [1.54, 1.807) is 35.0 Å². The van der Waals surface area contributed by atoms with E-state index in [0.29, 0.717) is 28.8 Å². The summed E-state index contributed by atoms with van der Waals surface area (Å²) in [6.07, 6.45) is 3.60. The Hall–Kier alpha value is -2.67. The Morgan fingerprint density at radius 2 is 1.85 bits per heavy atom. The van der Waals surface area contributed by atoms with Gasteiger partial charge >= 0.3 is 0 Å². The van der Waals surface area contributed by atoms with Crippen molar-refractivity contribution in [3.05, 3.63) is 78.1 Å². The molecule has 0 saturated heterocycles. The van der Waals surface area contributed by atoms with E-state index in [4.69, 9.17) is 0 Å². The van der Waals surface area contributed by atoms with E-state index in [-0.39, 0.29) is 5.91 Å². The van der Waals surface area contributed by atoms with Gasteiger partial charge in [-0.2, -0.15) is 13.9 Å². The molecule has 0 atom stereocenters. The number of alkyl halides is 2. The van der Waals surface area contributed by atoms with Crippen molar-refractivity contribution in [1.29, 1.82) is 0 Å². The van der Waals surface area contributed by atoms with Gasteiger partial charge in [-0.05, 0) is 36.4 Å². The molecule has 0 aliphatic rings. The first-order valence-electron chi connectivity index (χ1n) is 7.92. The first-order chi connectivity index (χ1) is 12.5. The zero-order chi connectivity index (χ0) is 18.5. The predicted octanol–water partition coefficient (Wildman–Crippen LogP) is 4.46. The Kier molecular flexibility index (Phi) is 5.68. The average molecular weight is 373 g/mol. The molecule has 0 spiro atoms. The summed E-state index contributed by atoms with van der Waals surface area (Å²) in [6.45, 7) is 0.402. The molecule has 1 heterocycles. The number of nitrogens with zero attached hydrogens (tertiary/aromatic N) is 3. The molecule has 0 radical (unpaired) electrons. The van der Waals surface area contributed by atoms with Gasteiger partial charge in [-0.1, -0.05) is 30.0 Å². The van der Waals surface area contributed by atoms with Crippen LogP contribution in [0.3, 0.4) is 0 Å². The molecule has 134 valence electrons. The molecule has 4 nitrogen and oxygen atoms in total. The molecule has 7 heteroatoms. The van der Waals surface area contributed by atoms with Crippen molar-refractivity contribution >= 4 is 17.7 Å². The van der Waals surface area contributed by atoms with Crippen molar-refractivity contribution in [2.45, 2.75) is 17.2 Å². The van der Waals surface area contributed by atoms with Gasteiger partial charge in [-0.25, -0.2) is 4.68 Å². The van der Waals surface area contributed by atoms with Crippen LogP contribution in [0.15, 0.2) is 71.9 Å². The van der Waals surface area contributed by atoms with Crippen molar-refractivity contribution in [1.82, 2.24) is 14.7 Å². The standard InChI is InChI=1S/C19H17F2N3OS/c1-23(18(25)15-7-9-17(10-8-15)26-19(20)21)12-14-11-22-24(13-14)16-5-3-2-4-6-16/h2-11,13,19H,12H2,1H3. The Morgan fingerprint density at radius 1 is 1.15 bits per heavy atom. The van der Waals surface area contributed by atoms with Gasteiger partial charge in [-0.3, -0.25) is 4.79 Å². The minimum atomic E-state index is -2.47. The number of para-hydroxylation sites is 1. The molecule has 0 aliphatic carbocycles. The maximum absolute atomic E-state index is 12.5. The van der Waals surface area contributed by atoms with E-state index in [1.165, 1.54) is 12.1 Å². The normalized spacial score (nSPS) is 10.9. The number of benzene rings is 2. The summed E-state index contributed by atoms with van der Waals surface area (Å²) in [5, 5.41) is 4.32. The zero-order valence-electron chi connectivity index (χ0n) is 14.0. The van der Waals surface area contributed by atoms with Crippen LogP contribution in [-0.4, -0.2) is 33.4 Å². The smallest absolute Gasteiger partial charge is 0.288 e. The fourth-order valence-corrected chi connectivity index (χ4v) is 3.01. The molecule has 0 saturated carbocycles. The first kappa shape index (κ1) is 18.1. The Morgan fingerprint density at radius 3 is 2.50 bits per heavy atom. The number of aromatic nitrogens is 2. The van der Waals surface area contributed by atoms with Gasteiger partial charge in [-0.15, -0.1) is 0 Å². The fraction of sp³-hybridized carbons (Fsp3) is 0.158. The number of thioether (sulfide) groups is 1. The highest BCUT2D eigenvalue weighted by Gasteiger charge is 2.14. The molecule has 0 N–H and O–H groups in total. The molecule has 1 aromatic heterocycles. The van der Waals surface area contributed by atoms with E-state index in [1.807, 2.05) is 36.5 Å². The molecular formula is C19H17F2N3OS. The lowest BCUT2D eigenvalue weighted by Crippen LogP contribution is -2.25. The van der Waals surface area contributed by atoms with Crippen LogP contribution < -0.4 is 0 Å². The molecule has 0 fully saturated rings. The predicted molar refractivity (Wildman–Crippen MR) is 97.7 cm³/mol. The highest BCUT2D eigenvalue weighted by atomic mass is 32.2. The summed E-state index contributed by atoms with van der Waals surface area (Å²) in [5.74, 6) is -2.65. The highest BCUT2D eigenvalue weighted by Crippen LogP contribution is 2.25. The Balaban J connectivity index is 1.65. The average Bonchev–Trinajstić information content (AvgIpc) is 3.10. The van der Waals surface area contributed by atoms with Gasteiger partial charge in [0.1, 0.15) is 0 Å². The number of rotatable bonds is 6. The van der Waals surface area contributed by atoms with E-state index in [2.05, 4.69) is 5.10 Å². The molecule has 26 heavy (non-hydrogen) atoms. The molecule has 3 rings (SSSR count). The second kappa shape index (κ2) is 8.14. The maximum Gasteiger partial charge on any atom is 0.288 e. The second-order valence-electron chi connectivity index (χ2n) is 5.69. The van der Waals surface area contributed by atoms with Gasteiger partial charge < -0.3 is 4.90 Å². The molecule has 0 bridgehead atoms. The molecule has 0 aliphatic heterocycles. The lowest BCUT2D eigenvalue weighted by molar-refractivity contribution is 0.0785.